The number of carbonyl (C=O) groups excluding carboxylic acids is 2. The zero-order valence-electron chi connectivity index (χ0n) is 18.7. The van der Waals surface area contributed by atoms with Crippen molar-refractivity contribution in [3.05, 3.63) is 72.1 Å². The highest BCUT2D eigenvalue weighted by atomic mass is 16.3. The number of hydrogen-bond donors (Lipinski definition) is 2. The molecule has 0 spiro atoms. The third kappa shape index (κ3) is 4.24. The first-order valence-electron chi connectivity index (χ1n) is 11.2. The Labute approximate surface area is 192 Å². The van der Waals surface area contributed by atoms with E-state index in [1.54, 1.807) is 31.0 Å². The molecule has 0 radical (unpaired) electrons. The van der Waals surface area contributed by atoms with E-state index in [4.69, 9.17) is 0 Å². The molecule has 2 N–H and O–H groups in total. The monoisotopic (exact) mass is 442 g/mol. The van der Waals surface area contributed by atoms with Crippen LogP contribution in [-0.2, 0) is 21.6 Å². The van der Waals surface area contributed by atoms with E-state index in [9.17, 15) is 14.7 Å². The number of aliphatic hydroxyl groups is 1. The van der Waals surface area contributed by atoms with E-state index in [1.165, 1.54) is 0 Å². The second-order valence-electron chi connectivity index (χ2n) is 9.22. The highest BCUT2D eigenvalue weighted by molar-refractivity contribution is 6.13. The molecule has 3 heterocycles. The number of amides is 2. The summed E-state index contributed by atoms with van der Waals surface area (Å²) >= 11 is 0. The molecular formula is C26H26N4O3. The highest BCUT2D eigenvalue weighted by Gasteiger charge is 2.40. The van der Waals surface area contributed by atoms with Crippen molar-refractivity contribution in [3.63, 3.8) is 0 Å². The van der Waals surface area contributed by atoms with E-state index in [-0.39, 0.29) is 17.9 Å². The number of carbonyl (C=O) groups is 2. The van der Waals surface area contributed by atoms with E-state index in [0.717, 1.165) is 24.0 Å². The molecule has 1 unspecified atom stereocenters. The number of nitrogens with zero attached hydrogens (tertiary/aromatic N) is 3. The van der Waals surface area contributed by atoms with Gasteiger partial charge in [-0.05, 0) is 69.0 Å². The van der Waals surface area contributed by atoms with Gasteiger partial charge in [-0.3, -0.25) is 14.5 Å². The van der Waals surface area contributed by atoms with Gasteiger partial charge in [0.1, 0.15) is 17.3 Å². The highest BCUT2D eigenvalue weighted by Crippen LogP contribution is 2.37. The van der Waals surface area contributed by atoms with Gasteiger partial charge < -0.3 is 10.4 Å². The van der Waals surface area contributed by atoms with Crippen LogP contribution in [0.2, 0.25) is 0 Å². The molecule has 1 aromatic carbocycles. The molecule has 1 aliphatic heterocycles. The Bertz CT molecular complexity index is 1230. The summed E-state index contributed by atoms with van der Waals surface area (Å²) in [6, 6.07) is 16.9. The molecule has 2 aromatic heterocycles. The number of pyridine rings is 2. The first-order chi connectivity index (χ1) is 15.8. The summed E-state index contributed by atoms with van der Waals surface area (Å²) < 4.78 is 0. The summed E-state index contributed by atoms with van der Waals surface area (Å²) in [5.74, 6) is -0.747. The molecule has 33 heavy (non-hydrogen) atoms. The minimum atomic E-state index is -1.07. The van der Waals surface area contributed by atoms with Crippen molar-refractivity contribution in [2.24, 2.45) is 5.92 Å². The summed E-state index contributed by atoms with van der Waals surface area (Å²) in [5, 5.41) is 13.3. The second kappa shape index (κ2) is 8.08. The molecule has 7 nitrogen and oxygen atoms in total. The molecule has 2 aliphatic rings. The Hall–Kier alpha value is -3.58. The lowest BCUT2D eigenvalue weighted by molar-refractivity contribution is -0.133. The fraction of sp³-hybridized carbons (Fsp3) is 0.308. The Kier molecular flexibility index (Phi) is 5.21. The number of rotatable bonds is 5. The predicted molar refractivity (Wildman–Crippen MR) is 125 cm³/mol. The number of hydrogen-bond acceptors (Lipinski definition) is 5. The SMILES string of the molecule is CC(C)(O)c1cccc(-c2cccc(N3C(=O)C(C(=O)NC4CC4)Cc4cccnc43)c2)n1. The van der Waals surface area contributed by atoms with Crippen LogP contribution in [-0.4, -0.2) is 32.9 Å². The molecule has 7 heteroatoms. The fourth-order valence-corrected chi connectivity index (χ4v) is 4.08. The third-order valence-corrected chi connectivity index (χ3v) is 6.04. The van der Waals surface area contributed by atoms with Gasteiger partial charge in [0.25, 0.3) is 0 Å². The lowest BCUT2D eigenvalue weighted by atomic mass is 9.92. The average Bonchev–Trinajstić information content (AvgIpc) is 3.62. The van der Waals surface area contributed by atoms with Gasteiger partial charge in [-0.2, -0.15) is 0 Å². The van der Waals surface area contributed by atoms with Crippen LogP contribution in [0.3, 0.4) is 0 Å². The molecule has 168 valence electrons. The third-order valence-electron chi connectivity index (χ3n) is 6.04. The lowest BCUT2D eigenvalue weighted by Crippen LogP contribution is -2.47. The minimum Gasteiger partial charge on any atom is -0.384 e. The lowest BCUT2D eigenvalue weighted by Gasteiger charge is -2.32. The van der Waals surface area contributed by atoms with Gasteiger partial charge in [-0.15, -0.1) is 0 Å². The Morgan fingerprint density at radius 2 is 1.91 bits per heavy atom. The van der Waals surface area contributed by atoms with Crippen LogP contribution in [0, 0.1) is 5.92 Å². The van der Waals surface area contributed by atoms with Crippen molar-refractivity contribution in [2.75, 3.05) is 4.90 Å². The van der Waals surface area contributed by atoms with Gasteiger partial charge in [-0.1, -0.05) is 24.3 Å². The zero-order chi connectivity index (χ0) is 23.2. The summed E-state index contributed by atoms with van der Waals surface area (Å²) in [7, 11) is 0. The molecule has 1 fully saturated rings. The van der Waals surface area contributed by atoms with Gasteiger partial charge in [0, 0.05) is 17.8 Å². The zero-order valence-corrected chi connectivity index (χ0v) is 18.7. The number of benzene rings is 1. The second-order valence-corrected chi connectivity index (χ2v) is 9.22. The van der Waals surface area contributed by atoms with Crippen molar-refractivity contribution in [1.29, 1.82) is 0 Å². The topological polar surface area (TPSA) is 95.4 Å². The van der Waals surface area contributed by atoms with Gasteiger partial charge >= 0.3 is 0 Å². The maximum atomic E-state index is 13.5. The van der Waals surface area contributed by atoms with Crippen molar-refractivity contribution >= 4 is 23.3 Å². The van der Waals surface area contributed by atoms with Crippen molar-refractivity contribution in [3.8, 4) is 11.3 Å². The van der Waals surface area contributed by atoms with Crippen LogP contribution in [0.25, 0.3) is 11.3 Å². The molecule has 1 atom stereocenters. The van der Waals surface area contributed by atoms with Crippen LogP contribution < -0.4 is 10.2 Å². The summed E-state index contributed by atoms with van der Waals surface area (Å²) in [4.78, 5) is 37.0. The maximum Gasteiger partial charge on any atom is 0.245 e. The number of nitrogens with one attached hydrogen (secondary N) is 1. The summed E-state index contributed by atoms with van der Waals surface area (Å²) in [6.45, 7) is 3.38. The fourth-order valence-electron chi connectivity index (χ4n) is 4.08. The molecule has 3 aromatic rings. The van der Waals surface area contributed by atoms with E-state index in [1.807, 2.05) is 48.5 Å². The molecule has 1 aliphatic carbocycles. The molecular weight excluding hydrogens is 416 g/mol. The smallest absolute Gasteiger partial charge is 0.245 e. The molecule has 1 saturated carbocycles. The molecule has 2 amide bonds. The van der Waals surface area contributed by atoms with Gasteiger partial charge in [0.15, 0.2) is 0 Å². The Morgan fingerprint density at radius 3 is 2.67 bits per heavy atom. The van der Waals surface area contributed by atoms with E-state index >= 15 is 0 Å². The first-order valence-corrected chi connectivity index (χ1v) is 11.2. The summed E-state index contributed by atoms with van der Waals surface area (Å²) in [5.41, 5.74) is 2.46. The molecule has 0 bridgehead atoms. The minimum absolute atomic E-state index is 0.187. The van der Waals surface area contributed by atoms with Crippen molar-refractivity contribution in [2.45, 2.75) is 44.8 Å². The van der Waals surface area contributed by atoms with Crippen molar-refractivity contribution < 1.29 is 14.7 Å². The Morgan fingerprint density at radius 1 is 1.12 bits per heavy atom. The maximum absolute atomic E-state index is 13.5. The first kappa shape index (κ1) is 21.3. The number of fused-ring (bicyclic) bond motifs is 1. The molecule has 5 rings (SSSR count). The standard InChI is InChI=1S/C26H26N4O3/c1-26(2,33)22-10-4-9-21(29-22)16-6-3-8-19(14-16)30-23-17(7-5-13-27-23)15-20(25(30)32)24(31)28-18-11-12-18/h3-10,13-14,18,20,33H,11-12,15H2,1-2H3,(H,28,31). The number of anilines is 2. The van der Waals surface area contributed by atoms with Crippen molar-refractivity contribution in [1.82, 2.24) is 15.3 Å². The van der Waals surface area contributed by atoms with Crippen LogP contribution in [0.5, 0.6) is 0 Å². The molecule has 0 saturated heterocycles. The quantitative estimate of drug-likeness (QED) is 0.590. The van der Waals surface area contributed by atoms with Crippen LogP contribution in [0.15, 0.2) is 60.8 Å². The predicted octanol–water partition coefficient (Wildman–Crippen LogP) is 3.49. The Balaban J connectivity index is 1.54. The van der Waals surface area contributed by atoms with Crippen LogP contribution in [0.1, 0.15) is 37.9 Å². The van der Waals surface area contributed by atoms with E-state index in [0.29, 0.717) is 29.3 Å². The van der Waals surface area contributed by atoms with Gasteiger partial charge in [0.2, 0.25) is 11.8 Å². The number of aromatic nitrogens is 2. The normalized spacial score (nSPS) is 18.1. The van der Waals surface area contributed by atoms with Gasteiger partial charge in [0.05, 0.1) is 17.1 Å². The summed E-state index contributed by atoms with van der Waals surface area (Å²) in [6.07, 6.45) is 3.92. The van der Waals surface area contributed by atoms with Gasteiger partial charge in [-0.25, -0.2) is 9.97 Å². The van der Waals surface area contributed by atoms with Crippen LogP contribution in [0.4, 0.5) is 11.5 Å². The average molecular weight is 443 g/mol. The van der Waals surface area contributed by atoms with E-state index in [2.05, 4.69) is 15.3 Å². The van der Waals surface area contributed by atoms with E-state index < -0.39 is 11.5 Å². The largest absolute Gasteiger partial charge is 0.384 e. The van der Waals surface area contributed by atoms with Crippen LogP contribution >= 0.6 is 0 Å².